The van der Waals surface area contributed by atoms with Crippen LogP contribution in [0.5, 0.6) is 0 Å². The van der Waals surface area contributed by atoms with Crippen molar-refractivity contribution < 1.29 is 17.9 Å². The Labute approximate surface area is 127 Å². The highest BCUT2D eigenvalue weighted by Crippen LogP contribution is 2.23. The Morgan fingerprint density at radius 3 is 2.15 bits per heavy atom. The number of rotatable bonds is 4. The van der Waals surface area contributed by atoms with Crippen LogP contribution in [0.3, 0.4) is 0 Å². The number of carbonyl (C=O) groups excluding carboxylic acids is 1. The lowest BCUT2D eigenvalue weighted by Crippen LogP contribution is -2.49. The summed E-state index contributed by atoms with van der Waals surface area (Å²) < 4.78 is 32.4. The minimum absolute atomic E-state index is 0.0962. The molecule has 0 heterocycles. The smallest absolute Gasteiger partial charge is 0.324 e. The maximum absolute atomic E-state index is 12.3. The first-order chi connectivity index (χ1) is 9.08. The molecule has 1 aromatic carbocycles. The van der Waals surface area contributed by atoms with Gasteiger partial charge in [0.15, 0.2) is 0 Å². The second-order valence-electron chi connectivity index (χ2n) is 5.40. The highest BCUT2D eigenvalue weighted by molar-refractivity contribution is 9.10. The first-order valence-electron chi connectivity index (χ1n) is 5.93. The van der Waals surface area contributed by atoms with Gasteiger partial charge in [-0.3, -0.25) is 4.79 Å². The van der Waals surface area contributed by atoms with Crippen molar-refractivity contribution in [2.45, 2.75) is 31.7 Å². The molecule has 0 saturated heterocycles. The molecule has 1 rings (SSSR count). The minimum Gasteiger partial charge on any atom is -0.468 e. The highest BCUT2D eigenvalue weighted by atomic mass is 79.9. The van der Waals surface area contributed by atoms with Crippen LogP contribution in [-0.2, 0) is 19.6 Å². The lowest BCUT2D eigenvalue weighted by Gasteiger charge is -2.28. The first kappa shape index (κ1) is 17.1. The lowest BCUT2D eigenvalue weighted by molar-refractivity contribution is -0.145. The SMILES string of the molecule is COC(=O)[C@@H](NS(=O)(=O)c1ccc(Br)cc1)C(C)(C)C. The number of sulfonamides is 1. The molecule has 0 unspecified atom stereocenters. The molecule has 7 heteroatoms. The molecule has 0 aromatic heterocycles. The number of nitrogens with one attached hydrogen (secondary N) is 1. The maximum atomic E-state index is 12.3. The van der Waals surface area contributed by atoms with Gasteiger partial charge in [-0.05, 0) is 29.7 Å². The van der Waals surface area contributed by atoms with Crippen LogP contribution < -0.4 is 4.72 Å². The highest BCUT2D eigenvalue weighted by Gasteiger charge is 2.36. The van der Waals surface area contributed by atoms with E-state index >= 15 is 0 Å². The van der Waals surface area contributed by atoms with Gasteiger partial charge in [0.2, 0.25) is 10.0 Å². The Kier molecular flexibility index (Phi) is 5.34. The third kappa shape index (κ3) is 4.29. The second-order valence-corrected chi connectivity index (χ2v) is 8.03. The van der Waals surface area contributed by atoms with E-state index in [0.29, 0.717) is 0 Å². The molecule has 0 aliphatic carbocycles. The van der Waals surface area contributed by atoms with E-state index in [-0.39, 0.29) is 4.90 Å². The predicted octanol–water partition coefficient (Wildman–Crippen LogP) is 2.32. The number of hydrogen-bond donors (Lipinski definition) is 1. The van der Waals surface area contributed by atoms with Crippen molar-refractivity contribution in [2.75, 3.05) is 7.11 Å². The molecule has 0 saturated carbocycles. The number of esters is 1. The Morgan fingerprint density at radius 2 is 1.75 bits per heavy atom. The van der Waals surface area contributed by atoms with Crippen molar-refractivity contribution in [3.05, 3.63) is 28.7 Å². The summed E-state index contributed by atoms with van der Waals surface area (Å²) in [6.07, 6.45) is 0. The van der Waals surface area contributed by atoms with Crippen molar-refractivity contribution in [1.82, 2.24) is 4.72 Å². The minimum atomic E-state index is -3.79. The molecule has 1 atom stereocenters. The summed E-state index contributed by atoms with van der Waals surface area (Å²) in [6, 6.07) is 5.21. The fourth-order valence-electron chi connectivity index (χ4n) is 1.53. The van der Waals surface area contributed by atoms with Crippen LogP contribution in [0.2, 0.25) is 0 Å². The van der Waals surface area contributed by atoms with Crippen LogP contribution in [0.1, 0.15) is 20.8 Å². The van der Waals surface area contributed by atoms with Gasteiger partial charge in [0.25, 0.3) is 0 Å². The molecule has 0 fully saturated rings. The topological polar surface area (TPSA) is 72.5 Å². The number of halogens is 1. The van der Waals surface area contributed by atoms with E-state index in [1.807, 2.05) is 0 Å². The molecule has 5 nitrogen and oxygen atoms in total. The molecule has 20 heavy (non-hydrogen) atoms. The largest absolute Gasteiger partial charge is 0.468 e. The molecule has 0 aliphatic rings. The average molecular weight is 364 g/mol. The summed E-state index contributed by atoms with van der Waals surface area (Å²) in [5, 5.41) is 0. The van der Waals surface area contributed by atoms with Gasteiger partial charge in [-0.2, -0.15) is 4.72 Å². The Hall–Kier alpha value is -0.920. The number of benzene rings is 1. The molecule has 0 amide bonds. The van der Waals surface area contributed by atoms with E-state index in [1.54, 1.807) is 32.9 Å². The van der Waals surface area contributed by atoms with Gasteiger partial charge in [-0.25, -0.2) is 8.42 Å². The molecule has 1 N–H and O–H groups in total. The zero-order valence-electron chi connectivity index (χ0n) is 11.8. The zero-order chi connectivity index (χ0) is 15.6. The fourth-order valence-corrected chi connectivity index (χ4v) is 3.19. The molecule has 0 bridgehead atoms. The van der Waals surface area contributed by atoms with Gasteiger partial charge < -0.3 is 4.74 Å². The van der Waals surface area contributed by atoms with Gasteiger partial charge in [0.05, 0.1) is 12.0 Å². The third-order valence-corrected chi connectivity index (χ3v) is 4.67. The van der Waals surface area contributed by atoms with E-state index in [4.69, 9.17) is 0 Å². The van der Waals surface area contributed by atoms with Crippen LogP contribution >= 0.6 is 15.9 Å². The Morgan fingerprint density at radius 1 is 1.25 bits per heavy atom. The number of hydrogen-bond acceptors (Lipinski definition) is 4. The normalized spacial score (nSPS) is 13.8. The summed E-state index contributed by atoms with van der Waals surface area (Å²) >= 11 is 3.24. The standard InChI is InChI=1S/C13H18BrNO4S/c1-13(2,3)11(12(16)19-4)15-20(17,18)10-7-5-9(14)6-8-10/h5-8,11,15H,1-4H3/t11-/m1/s1. The van der Waals surface area contributed by atoms with E-state index in [9.17, 15) is 13.2 Å². The van der Waals surface area contributed by atoms with Crippen LogP contribution in [0, 0.1) is 5.41 Å². The van der Waals surface area contributed by atoms with Gasteiger partial charge in [-0.15, -0.1) is 0 Å². The van der Waals surface area contributed by atoms with E-state index < -0.39 is 27.4 Å². The van der Waals surface area contributed by atoms with E-state index in [1.165, 1.54) is 19.2 Å². The number of ether oxygens (including phenoxy) is 1. The Bertz CT molecular complexity index is 575. The van der Waals surface area contributed by atoms with Gasteiger partial charge in [0, 0.05) is 4.47 Å². The molecule has 112 valence electrons. The van der Waals surface area contributed by atoms with E-state index in [2.05, 4.69) is 25.4 Å². The predicted molar refractivity (Wildman–Crippen MR) is 79.7 cm³/mol. The van der Waals surface area contributed by atoms with Crippen LogP contribution in [0.15, 0.2) is 33.6 Å². The van der Waals surface area contributed by atoms with E-state index in [0.717, 1.165) is 4.47 Å². The number of carbonyl (C=O) groups is 1. The molecular formula is C13H18BrNO4S. The molecule has 0 radical (unpaired) electrons. The van der Waals surface area contributed by atoms with Crippen molar-refractivity contribution in [3.63, 3.8) is 0 Å². The van der Waals surface area contributed by atoms with Gasteiger partial charge in [-0.1, -0.05) is 36.7 Å². The van der Waals surface area contributed by atoms with Crippen molar-refractivity contribution >= 4 is 31.9 Å². The van der Waals surface area contributed by atoms with Gasteiger partial charge in [0.1, 0.15) is 6.04 Å². The fraction of sp³-hybridized carbons (Fsp3) is 0.462. The lowest BCUT2D eigenvalue weighted by atomic mass is 9.87. The molecular weight excluding hydrogens is 346 g/mol. The average Bonchev–Trinajstić information content (AvgIpc) is 2.34. The summed E-state index contributed by atoms with van der Waals surface area (Å²) in [7, 11) is -2.56. The van der Waals surface area contributed by atoms with Crippen LogP contribution in [0.25, 0.3) is 0 Å². The maximum Gasteiger partial charge on any atom is 0.324 e. The van der Waals surface area contributed by atoms with Crippen molar-refractivity contribution in [3.8, 4) is 0 Å². The number of methoxy groups -OCH3 is 1. The van der Waals surface area contributed by atoms with Crippen molar-refractivity contribution in [2.24, 2.45) is 5.41 Å². The summed E-state index contributed by atoms with van der Waals surface area (Å²) in [5.41, 5.74) is -0.602. The monoisotopic (exact) mass is 363 g/mol. The second kappa shape index (κ2) is 6.24. The molecule has 1 aromatic rings. The first-order valence-corrected chi connectivity index (χ1v) is 8.21. The Balaban J connectivity index is 3.09. The molecule has 0 aliphatic heterocycles. The third-order valence-electron chi connectivity index (χ3n) is 2.70. The molecule has 0 spiro atoms. The zero-order valence-corrected chi connectivity index (χ0v) is 14.2. The van der Waals surface area contributed by atoms with Crippen LogP contribution in [-0.4, -0.2) is 27.5 Å². The summed E-state index contributed by atoms with van der Waals surface area (Å²) in [6.45, 7) is 5.29. The van der Waals surface area contributed by atoms with Crippen LogP contribution in [0.4, 0.5) is 0 Å². The summed E-state index contributed by atoms with van der Waals surface area (Å²) in [4.78, 5) is 11.9. The quantitative estimate of drug-likeness (QED) is 0.833. The van der Waals surface area contributed by atoms with Crippen molar-refractivity contribution in [1.29, 1.82) is 0 Å². The van der Waals surface area contributed by atoms with Gasteiger partial charge >= 0.3 is 5.97 Å². The summed E-state index contributed by atoms with van der Waals surface area (Å²) in [5.74, 6) is -0.613.